The predicted molar refractivity (Wildman–Crippen MR) is 144 cm³/mol. The Hall–Kier alpha value is -4.67. The van der Waals surface area contributed by atoms with Gasteiger partial charge in [-0.2, -0.15) is 4.98 Å². The quantitative estimate of drug-likeness (QED) is 0.385. The fraction of sp³-hybridized carbons (Fsp3) is 0.286. The molecule has 4 aromatic heterocycles. The van der Waals surface area contributed by atoms with Crippen LogP contribution in [0, 0.1) is 5.82 Å². The fourth-order valence-corrected chi connectivity index (χ4v) is 5.04. The molecule has 0 bridgehead atoms. The van der Waals surface area contributed by atoms with Crippen LogP contribution in [0.1, 0.15) is 25.6 Å². The van der Waals surface area contributed by atoms with E-state index in [0.717, 1.165) is 37.7 Å². The molecule has 1 atom stereocenters. The average Bonchev–Trinajstić information content (AvgIpc) is 3.46. The number of hydrogen-bond acceptors (Lipinski definition) is 9. The van der Waals surface area contributed by atoms with Crippen molar-refractivity contribution < 1.29 is 8.91 Å². The maximum Gasteiger partial charge on any atom is 0.276 e. The highest BCUT2D eigenvalue weighted by atomic mass is 19.1. The van der Waals surface area contributed by atoms with E-state index in [1.54, 1.807) is 13.2 Å². The molecule has 0 amide bonds. The predicted octanol–water partition coefficient (Wildman–Crippen LogP) is 3.70. The first-order valence-electron chi connectivity index (χ1n) is 12.8. The molecule has 4 aromatic rings. The van der Waals surface area contributed by atoms with Crippen LogP contribution in [-0.2, 0) is 7.05 Å². The molecule has 6 rings (SSSR count). The monoisotopic (exact) mass is 526 g/mol. The third-order valence-electron chi connectivity index (χ3n) is 7.17. The van der Waals surface area contributed by atoms with Gasteiger partial charge >= 0.3 is 0 Å². The average molecular weight is 527 g/mol. The van der Waals surface area contributed by atoms with Crippen LogP contribution in [-0.4, -0.2) is 60.2 Å². The lowest BCUT2D eigenvalue weighted by molar-refractivity contribution is 0.272. The van der Waals surface area contributed by atoms with E-state index in [2.05, 4.69) is 49.0 Å². The summed E-state index contributed by atoms with van der Waals surface area (Å²) >= 11 is 0. The summed E-state index contributed by atoms with van der Waals surface area (Å²) < 4.78 is 21.3. The molecule has 0 unspecified atom stereocenters. The van der Waals surface area contributed by atoms with Crippen LogP contribution in [0.3, 0.4) is 0 Å². The van der Waals surface area contributed by atoms with Crippen molar-refractivity contribution in [3.05, 3.63) is 88.8 Å². The minimum atomic E-state index is -0.507. The van der Waals surface area contributed by atoms with Crippen molar-refractivity contribution in [1.29, 1.82) is 0 Å². The molecule has 198 valence electrons. The van der Waals surface area contributed by atoms with E-state index in [4.69, 9.17) is 9.51 Å². The van der Waals surface area contributed by atoms with Gasteiger partial charge in [-0.05, 0) is 44.0 Å². The van der Waals surface area contributed by atoms with Crippen LogP contribution < -0.4 is 10.5 Å². The standard InChI is InChI=1S/C28H27FN8O2/c1-18-17-36(20-8-6-19(7-9-20)26-33-27(39-34-26)23-5-3-4-11-31-23)13-14-37(18)28-32-24(15-25(38)35(28)2)21-10-12-30-16-22(21)29/h3-6,8,10-12,15-16,18H,7,9,13-14,17H2,1-2H3/t18-/m1/s1. The fourth-order valence-electron chi connectivity index (χ4n) is 5.04. The second kappa shape index (κ2) is 10.2. The highest BCUT2D eigenvalue weighted by Crippen LogP contribution is 2.30. The zero-order valence-electron chi connectivity index (χ0n) is 21.7. The molecule has 11 heteroatoms. The molecule has 0 spiro atoms. The van der Waals surface area contributed by atoms with Crippen LogP contribution in [0.15, 0.2) is 76.1 Å². The number of aromatic nitrogens is 6. The number of allylic oxidation sites excluding steroid dienone is 4. The van der Waals surface area contributed by atoms with Crippen molar-refractivity contribution in [2.45, 2.75) is 25.8 Å². The molecule has 39 heavy (non-hydrogen) atoms. The second-order valence-corrected chi connectivity index (χ2v) is 9.67. The summed E-state index contributed by atoms with van der Waals surface area (Å²) in [5.41, 5.74) is 3.26. The van der Waals surface area contributed by atoms with Gasteiger partial charge in [-0.1, -0.05) is 17.3 Å². The SMILES string of the molecule is C[C@@H]1CN(C2=CC=C(c3noc(-c4ccccn4)n3)CC2)CCN1c1nc(-c2ccncc2F)cc(=O)n1C. The molecule has 0 N–H and O–H groups in total. The van der Waals surface area contributed by atoms with E-state index >= 15 is 0 Å². The Labute approximate surface area is 224 Å². The first-order chi connectivity index (χ1) is 19.0. The third kappa shape index (κ3) is 4.83. The molecule has 0 saturated carbocycles. The Morgan fingerprint density at radius 3 is 2.69 bits per heavy atom. The van der Waals surface area contributed by atoms with Gasteiger partial charge in [0.1, 0.15) is 5.69 Å². The smallest absolute Gasteiger partial charge is 0.276 e. The van der Waals surface area contributed by atoms with Gasteiger partial charge in [0, 0.05) is 68.0 Å². The lowest BCUT2D eigenvalue weighted by atomic mass is 10.00. The third-order valence-corrected chi connectivity index (χ3v) is 7.17. The van der Waals surface area contributed by atoms with Crippen molar-refractivity contribution in [3.63, 3.8) is 0 Å². The Morgan fingerprint density at radius 2 is 1.95 bits per heavy atom. The first-order valence-corrected chi connectivity index (χ1v) is 12.8. The number of rotatable bonds is 5. The molecule has 10 nitrogen and oxygen atoms in total. The van der Waals surface area contributed by atoms with Crippen molar-refractivity contribution in [2.75, 3.05) is 24.5 Å². The molecule has 1 aliphatic heterocycles. The molecule has 1 saturated heterocycles. The normalized spacial score (nSPS) is 17.7. The van der Waals surface area contributed by atoms with E-state index in [1.165, 1.54) is 28.6 Å². The van der Waals surface area contributed by atoms with E-state index in [-0.39, 0.29) is 17.2 Å². The highest BCUT2D eigenvalue weighted by Gasteiger charge is 2.29. The van der Waals surface area contributed by atoms with Crippen LogP contribution in [0.2, 0.25) is 0 Å². The number of hydrogen-bond donors (Lipinski definition) is 0. The molecule has 1 fully saturated rings. The Morgan fingerprint density at radius 1 is 1.05 bits per heavy atom. The van der Waals surface area contributed by atoms with Crippen molar-refractivity contribution >= 4 is 11.5 Å². The Balaban J connectivity index is 1.18. The summed E-state index contributed by atoms with van der Waals surface area (Å²) in [5.74, 6) is 1.01. The number of halogens is 1. The van der Waals surface area contributed by atoms with Gasteiger partial charge < -0.3 is 14.3 Å². The lowest BCUT2D eigenvalue weighted by Crippen LogP contribution is -2.53. The lowest BCUT2D eigenvalue weighted by Gasteiger charge is -2.43. The van der Waals surface area contributed by atoms with Gasteiger partial charge in [-0.25, -0.2) is 9.37 Å². The van der Waals surface area contributed by atoms with Gasteiger partial charge in [0.05, 0.1) is 11.9 Å². The van der Waals surface area contributed by atoms with E-state index < -0.39 is 5.82 Å². The van der Waals surface area contributed by atoms with Gasteiger partial charge in [0.2, 0.25) is 5.95 Å². The minimum absolute atomic E-state index is 0.0822. The Kier molecular flexibility index (Phi) is 6.47. The summed E-state index contributed by atoms with van der Waals surface area (Å²) in [6, 6.07) is 8.55. The van der Waals surface area contributed by atoms with E-state index in [9.17, 15) is 9.18 Å². The summed E-state index contributed by atoms with van der Waals surface area (Å²) in [5, 5.41) is 4.15. The van der Waals surface area contributed by atoms with Crippen molar-refractivity contribution in [1.82, 2.24) is 34.6 Å². The molecular formula is C28H27FN8O2. The number of anilines is 1. The van der Waals surface area contributed by atoms with E-state index in [0.29, 0.717) is 35.6 Å². The minimum Gasteiger partial charge on any atom is -0.371 e. The summed E-state index contributed by atoms with van der Waals surface area (Å²) in [7, 11) is 1.70. The number of pyridine rings is 2. The molecular weight excluding hydrogens is 499 g/mol. The topological polar surface area (TPSA) is 106 Å². The maximum atomic E-state index is 14.4. The highest BCUT2D eigenvalue weighted by molar-refractivity contribution is 5.65. The van der Waals surface area contributed by atoms with Gasteiger partial charge in [-0.15, -0.1) is 0 Å². The van der Waals surface area contributed by atoms with Gasteiger partial charge in [-0.3, -0.25) is 19.3 Å². The second-order valence-electron chi connectivity index (χ2n) is 9.67. The number of nitrogens with zero attached hydrogens (tertiary/aromatic N) is 8. The summed E-state index contributed by atoms with van der Waals surface area (Å²) in [6.07, 6.45) is 10.2. The van der Waals surface area contributed by atoms with Crippen LogP contribution >= 0.6 is 0 Å². The van der Waals surface area contributed by atoms with Crippen LogP contribution in [0.5, 0.6) is 0 Å². The molecule has 5 heterocycles. The molecule has 0 aromatic carbocycles. The first kappa shape index (κ1) is 24.7. The van der Waals surface area contributed by atoms with E-state index in [1.807, 2.05) is 18.2 Å². The van der Waals surface area contributed by atoms with Crippen LogP contribution in [0.4, 0.5) is 10.3 Å². The maximum absolute atomic E-state index is 14.4. The Bertz CT molecular complexity index is 1630. The summed E-state index contributed by atoms with van der Waals surface area (Å²) in [4.78, 5) is 34.5. The largest absolute Gasteiger partial charge is 0.371 e. The molecule has 1 aliphatic carbocycles. The van der Waals surface area contributed by atoms with Crippen molar-refractivity contribution in [3.8, 4) is 22.8 Å². The van der Waals surface area contributed by atoms with Gasteiger partial charge in [0.25, 0.3) is 11.4 Å². The molecule has 0 radical (unpaired) electrons. The summed E-state index contributed by atoms with van der Waals surface area (Å²) in [6.45, 7) is 4.33. The van der Waals surface area contributed by atoms with Crippen molar-refractivity contribution in [2.24, 2.45) is 7.05 Å². The number of piperazine rings is 1. The zero-order valence-corrected chi connectivity index (χ0v) is 21.7. The molecule has 2 aliphatic rings. The van der Waals surface area contributed by atoms with Gasteiger partial charge in [0.15, 0.2) is 11.6 Å². The zero-order chi connectivity index (χ0) is 26.9. The van der Waals surface area contributed by atoms with Crippen LogP contribution in [0.25, 0.3) is 28.4 Å².